The van der Waals surface area contributed by atoms with Crippen LogP contribution < -0.4 is 20.1 Å². The number of nitrogens with one attached hydrogen (secondary N) is 2. The maximum Gasteiger partial charge on any atom is 0.142 e. The lowest BCUT2D eigenvalue weighted by atomic mass is 10.1. The molecule has 5 heteroatoms. The number of methoxy groups -OCH3 is 1. The van der Waals surface area contributed by atoms with Crippen molar-refractivity contribution in [3.63, 3.8) is 0 Å². The van der Waals surface area contributed by atoms with E-state index in [1.54, 1.807) is 7.11 Å². The second-order valence-electron chi connectivity index (χ2n) is 6.35. The lowest BCUT2D eigenvalue weighted by molar-refractivity contribution is 0.114. The average Bonchev–Trinajstić information content (AvgIpc) is 2.93. The van der Waals surface area contributed by atoms with Crippen molar-refractivity contribution in [2.75, 3.05) is 12.4 Å². The fourth-order valence-corrected chi connectivity index (χ4v) is 3.63. The zero-order valence-corrected chi connectivity index (χ0v) is 13.6. The number of aliphatic hydroxyl groups excluding tert-OH is 1. The van der Waals surface area contributed by atoms with Gasteiger partial charge in [0.1, 0.15) is 17.6 Å². The Morgan fingerprint density at radius 1 is 1.21 bits per heavy atom. The molecule has 0 unspecified atom stereocenters. The first-order valence-corrected chi connectivity index (χ1v) is 8.32. The Hall–Kier alpha value is -2.24. The van der Waals surface area contributed by atoms with E-state index < -0.39 is 6.10 Å². The van der Waals surface area contributed by atoms with Crippen molar-refractivity contribution in [2.45, 2.75) is 37.3 Å². The molecular formula is C19H22N2O3. The maximum absolute atomic E-state index is 10.7. The first-order chi connectivity index (χ1) is 11.8. The fraction of sp³-hybridized carbons (Fsp3) is 0.368. The summed E-state index contributed by atoms with van der Waals surface area (Å²) in [6.45, 7) is 0.651. The second-order valence-corrected chi connectivity index (χ2v) is 6.35. The van der Waals surface area contributed by atoms with Crippen molar-refractivity contribution in [1.82, 2.24) is 5.32 Å². The van der Waals surface area contributed by atoms with Gasteiger partial charge in [-0.05, 0) is 18.2 Å². The minimum Gasteiger partial charge on any atom is -0.496 e. The van der Waals surface area contributed by atoms with E-state index in [2.05, 4.69) is 10.6 Å². The maximum atomic E-state index is 10.7. The minimum absolute atomic E-state index is 0.0216. The third-order valence-corrected chi connectivity index (χ3v) is 4.90. The van der Waals surface area contributed by atoms with Crippen molar-refractivity contribution in [1.29, 1.82) is 0 Å². The van der Waals surface area contributed by atoms with Gasteiger partial charge in [0, 0.05) is 24.6 Å². The van der Waals surface area contributed by atoms with Gasteiger partial charge >= 0.3 is 0 Å². The normalized spacial score (nSPS) is 27.6. The van der Waals surface area contributed by atoms with E-state index in [1.165, 1.54) is 0 Å². The Morgan fingerprint density at radius 3 is 2.88 bits per heavy atom. The molecule has 1 aliphatic heterocycles. The topological polar surface area (TPSA) is 62.8 Å². The van der Waals surface area contributed by atoms with Gasteiger partial charge in [0.25, 0.3) is 0 Å². The van der Waals surface area contributed by atoms with Gasteiger partial charge in [-0.15, -0.1) is 0 Å². The molecule has 2 aliphatic rings. The van der Waals surface area contributed by atoms with Crippen molar-refractivity contribution in [3.05, 3.63) is 54.1 Å². The highest BCUT2D eigenvalue weighted by atomic mass is 16.5. The molecule has 0 saturated heterocycles. The first-order valence-electron chi connectivity index (χ1n) is 8.32. The molecule has 24 heavy (non-hydrogen) atoms. The monoisotopic (exact) mass is 326 g/mol. The number of fused-ring (bicyclic) bond motifs is 2. The zero-order valence-electron chi connectivity index (χ0n) is 13.6. The Kier molecular flexibility index (Phi) is 4.04. The van der Waals surface area contributed by atoms with E-state index in [4.69, 9.17) is 9.47 Å². The standard InChI is InChI=1S/C19H22N2O3/c1-23-15-8-4-2-6-12(15)11-20-14-10-17-18(19(14)22)21-13-7-3-5-9-16(13)24-17/h2-9,14,17-22H,10-11H2,1H3/t14-,17-,18-,19-/m1/s1. The number of rotatable bonds is 4. The predicted molar refractivity (Wildman–Crippen MR) is 92.5 cm³/mol. The van der Waals surface area contributed by atoms with Gasteiger partial charge in [0.15, 0.2) is 0 Å². The summed E-state index contributed by atoms with van der Waals surface area (Å²) in [4.78, 5) is 0. The van der Waals surface area contributed by atoms with Gasteiger partial charge in [0.05, 0.1) is 24.9 Å². The van der Waals surface area contributed by atoms with Crippen LogP contribution in [0.4, 0.5) is 5.69 Å². The van der Waals surface area contributed by atoms with Gasteiger partial charge < -0.3 is 25.2 Å². The second kappa shape index (κ2) is 6.34. The molecule has 0 spiro atoms. The summed E-state index contributed by atoms with van der Waals surface area (Å²) in [6, 6.07) is 15.7. The molecule has 0 amide bonds. The van der Waals surface area contributed by atoms with Crippen LogP contribution in [0.5, 0.6) is 11.5 Å². The number of hydrogen-bond donors (Lipinski definition) is 3. The molecule has 2 aromatic rings. The van der Waals surface area contributed by atoms with Gasteiger partial charge in [0.2, 0.25) is 0 Å². The molecule has 2 aromatic carbocycles. The molecule has 1 saturated carbocycles. The number of aliphatic hydroxyl groups is 1. The average molecular weight is 326 g/mol. The molecule has 126 valence electrons. The summed E-state index contributed by atoms with van der Waals surface area (Å²) in [5.74, 6) is 1.72. The van der Waals surface area contributed by atoms with E-state index in [0.717, 1.165) is 29.2 Å². The molecular weight excluding hydrogens is 304 g/mol. The van der Waals surface area contributed by atoms with Gasteiger partial charge in [-0.3, -0.25) is 0 Å². The molecule has 0 radical (unpaired) electrons. The number of anilines is 1. The Bertz CT molecular complexity index is 721. The van der Waals surface area contributed by atoms with Crippen LogP contribution in [0.1, 0.15) is 12.0 Å². The van der Waals surface area contributed by atoms with Crippen LogP contribution in [0.25, 0.3) is 0 Å². The number of ether oxygens (including phenoxy) is 2. The van der Waals surface area contributed by atoms with Crippen LogP contribution in [0.15, 0.2) is 48.5 Å². The van der Waals surface area contributed by atoms with Gasteiger partial charge in [-0.2, -0.15) is 0 Å². The Labute approximate surface area is 141 Å². The van der Waals surface area contributed by atoms with Crippen LogP contribution in [-0.4, -0.2) is 36.5 Å². The van der Waals surface area contributed by atoms with E-state index in [1.807, 2.05) is 48.5 Å². The summed E-state index contributed by atoms with van der Waals surface area (Å²) in [5, 5.41) is 17.6. The lowest BCUT2D eigenvalue weighted by Crippen LogP contribution is -2.46. The zero-order chi connectivity index (χ0) is 16.5. The van der Waals surface area contributed by atoms with Crippen LogP contribution in [-0.2, 0) is 6.54 Å². The molecule has 4 atom stereocenters. The SMILES string of the molecule is COc1ccccc1CN[C@@H]1C[C@H]2Oc3ccccc3N[C@H]2[C@@H]1O. The van der Waals surface area contributed by atoms with Crippen LogP contribution in [0.3, 0.4) is 0 Å². The van der Waals surface area contributed by atoms with E-state index in [0.29, 0.717) is 6.54 Å². The lowest BCUT2D eigenvalue weighted by Gasteiger charge is -2.31. The molecule has 5 nitrogen and oxygen atoms in total. The molecule has 0 aromatic heterocycles. The van der Waals surface area contributed by atoms with E-state index >= 15 is 0 Å². The molecule has 4 rings (SSSR count). The summed E-state index contributed by atoms with van der Waals surface area (Å²) < 4.78 is 11.5. The highest BCUT2D eigenvalue weighted by Crippen LogP contribution is 2.37. The fourth-order valence-electron chi connectivity index (χ4n) is 3.63. The van der Waals surface area contributed by atoms with Gasteiger partial charge in [-0.25, -0.2) is 0 Å². The largest absolute Gasteiger partial charge is 0.496 e. The summed E-state index contributed by atoms with van der Waals surface area (Å²) in [5.41, 5.74) is 2.03. The van der Waals surface area contributed by atoms with Crippen LogP contribution >= 0.6 is 0 Å². The minimum atomic E-state index is -0.502. The molecule has 3 N–H and O–H groups in total. The van der Waals surface area contributed by atoms with Crippen molar-refractivity contribution in [2.24, 2.45) is 0 Å². The van der Waals surface area contributed by atoms with Crippen LogP contribution in [0.2, 0.25) is 0 Å². The van der Waals surface area contributed by atoms with Crippen molar-refractivity contribution in [3.8, 4) is 11.5 Å². The quantitative estimate of drug-likeness (QED) is 0.804. The number of hydrogen-bond acceptors (Lipinski definition) is 5. The molecule has 1 aliphatic carbocycles. The van der Waals surface area contributed by atoms with Gasteiger partial charge in [-0.1, -0.05) is 30.3 Å². The third-order valence-electron chi connectivity index (χ3n) is 4.90. The Morgan fingerprint density at radius 2 is 2.00 bits per heavy atom. The molecule has 1 heterocycles. The molecule has 1 fully saturated rings. The highest BCUT2D eigenvalue weighted by Gasteiger charge is 2.46. The summed E-state index contributed by atoms with van der Waals surface area (Å²) in [6.07, 6.45) is 0.241. The first kappa shape index (κ1) is 15.3. The van der Waals surface area contributed by atoms with E-state index in [-0.39, 0.29) is 18.2 Å². The Balaban J connectivity index is 1.44. The summed E-state index contributed by atoms with van der Waals surface area (Å²) in [7, 11) is 1.67. The van der Waals surface area contributed by atoms with Crippen LogP contribution in [0, 0.1) is 0 Å². The van der Waals surface area contributed by atoms with Crippen molar-refractivity contribution >= 4 is 5.69 Å². The van der Waals surface area contributed by atoms with E-state index in [9.17, 15) is 5.11 Å². The molecule has 0 bridgehead atoms. The highest BCUT2D eigenvalue weighted by molar-refractivity contribution is 5.59. The number of para-hydroxylation sites is 3. The smallest absolute Gasteiger partial charge is 0.142 e. The predicted octanol–water partition coefficient (Wildman–Crippen LogP) is 2.16. The summed E-state index contributed by atoms with van der Waals surface area (Å²) >= 11 is 0. The number of benzene rings is 2. The van der Waals surface area contributed by atoms with Crippen molar-refractivity contribution < 1.29 is 14.6 Å². The third kappa shape index (κ3) is 2.70.